The van der Waals surface area contributed by atoms with Gasteiger partial charge >= 0.3 is 5.97 Å². The number of hydrogen-bond acceptors (Lipinski definition) is 7. The second kappa shape index (κ2) is 11.5. The minimum Gasteiger partial charge on any atom is -0.497 e. The van der Waals surface area contributed by atoms with Crippen LogP contribution in [0.5, 0.6) is 11.5 Å². The smallest absolute Gasteiger partial charge is 0.335 e. The van der Waals surface area contributed by atoms with Crippen LogP contribution in [-0.4, -0.2) is 57.0 Å². The number of anilines is 1. The number of hydrogen-bond donors (Lipinski definition) is 2. The van der Waals surface area contributed by atoms with Crippen molar-refractivity contribution < 1.29 is 19.4 Å². The highest BCUT2D eigenvalue weighted by molar-refractivity contribution is 14.1. The second-order valence-corrected chi connectivity index (χ2v) is 10.7. The predicted molar refractivity (Wildman–Crippen MR) is 156 cm³/mol. The number of carboxylic acids is 1. The molecule has 5 rings (SSSR count). The summed E-state index contributed by atoms with van der Waals surface area (Å²) in [6, 6.07) is 21.2. The Hall–Kier alpha value is -3.44. The van der Waals surface area contributed by atoms with E-state index in [9.17, 15) is 4.79 Å². The number of piperidine rings is 1. The average Bonchev–Trinajstić information content (AvgIpc) is 2.95. The zero-order valence-corrected chi connectivity index (χ0v) is 23.4. The number of carbonyl (C=O) groups is 1. The number of rotatable bonds is 8. The third-order valence-corrected chi connectivity index (χ3v) is 8.21. The van der Waals surface area contributed by atoms with Crippen molar-refractivity contribution in [3.05, 3.63) is 77.9 Å². The van der Waals surface area contributed by atoms with Gasteiger partial charge in [-0.3, -0.25) is 4.90 Å². The minimum absolute atomic E-state index is 0.248. The monoisotopic (exact) mass is 624 g/mol. The van der Waals surface area contributed by atoms with Crippen LogP contribution in [0.3, 0.4) is 0 Å². The van der Waals surface area contributed by atoms with Crippen molar-refractivity contribution >= 4 is 45.2 Å². The summed E-state index contributed by atoms with van der Waals surface area (Å²) >= 11 is 2.49. The molecular formula is C29H29IN4O4. The molecule has 3 aromatic carbocycles. The molecule has 0 spiro atoms. The van der Waals surface area contributed by atoms with Gasteiger partial charge in [0.25, 0.3) is 0 Å². The lowest BCUT2D eigenvalue weighted by atomic mass is 10.0. The van der Waals surface area contributed by atoms with Crippen molar-refractivity contribution in [3.8, 4) is 22.8 Å². The Balaban J connectivity index is 1.33. The number of nitrogens with one attached hydrogen (secondary N) is 1. The van der Waals surface area contributed by atoms with E-state index >= 15 is 0 Å². The lowest BCUT2D eigenvalue weighted by Gasteiger charge is -2.37. The zero-order chi connectivity index (χ0) is 26.6. The molecule has 2 unspecified atom stereocenters. The quantitative estimate of drug-likeness (QED) is 0.143. The zero-order valence-electron chi connectivity index (χ0n) is 21.2. The Morgan fingerprint density at radius 2 is 1.71 bits per heavy atom. The summed E-state index contributed by atoms with van der Waals surface area (Å²) in [6.45, 7) is 1.71. The molecule has 8 nitrogen and oxygen atoms in total. The van der Waals surface area contributed by atoms with E-state index in [2.05, 4.69) is 43.0 Å². The van der Waals surface area contributed by atoms with E-state index in [1.165, 1.54) is 0 Å². The van der Waals surface area contributed by atoms with Gasteiger partial charge in [-0.05, 0) is 73.0 Å². The van der Waals surface area contributed by atoms with Gasteiger partial charge in [0.1, 0.15) is 17.2 Å². The molecule has 0 radical (unpaired) electrons. The van der Waals surface area contributed by atoms with Crippen molar-refractivity contribution in [1.29, 1.82) is 0 Å². The van der Waals surface area contributed by atoms with E-state index in [0.717, 1.165) is 70.8 Å². The largest absolute Gasteiger partial charge is 0.497 e. The first-order chi connectivity index (χ1) is 18.4. The van der Waals surface area contributed by atoms with Crippen LogP contribution >= 0.6 is 22.6 Å². The number of likely N-dealkylation sites (tertiary alicyclic amines) is 1. The van der Waals surface area contributed by atoms with Crippen LogP contribution in [0, 0.1) is 0 Å². The molecule has 0 bridgehead atoms. The Labute approximate surface area is 235 Å². The SMILES string of the molecule is COc1ccc(-c2nnc(NC3CCN(Cc4ccc(C(=O)O)cc4)C(I)C3)c3cc(OC)ccc23)cc1. The minimum atomic E-state index is -0.902. The summed E-state index contributed by atoms with van der Waals surface area (Å²) in [6.07, 6.45) is 1.90. The second-order valence-electron chi connectivity index (χ2n) is 9.31. The van der Waals surface area contributed by atoms with Crippen LogP contribution in [0.15, 0.2) is 66.7 Å². The molecular weight excluding hydrogens is 595 g/mol. The van der Waals surface area contributed by atoms with Gasteiger partial charge < -0.3 is 19.9 Å². The first-order valence-electron chi connectivity index (χ1n) is 12.4. The van der Waals surface area contributed by atoms with Crippen LogP contribution in [0.2, 0.25) is 0 Å². The van der Waals surface area contributed by atoms with Gasteiger partial charge in [-0.15, -0.1) is 10.2 Å². The number of halogens is 1. The molecule has 2 heterocycles. The van der Waals surface area contributed by atoms with E-state index in [4.69, 9.17) is 14.6 Å². The molecule has 1 aliphatic heterocycles. The highest BCUT2D eigenvalue weighted by Crippen LogP contribution is 2.34. The number of alkyl halides is 1. The fraction of sp³-hybridized carbons (Fsp3) is 0.276. The molecule has 1 fully saturated rings. The van der Waals surface area contributed by atoms with Gasteiger partial charge in [0.2, 0.25) is 0 Å². The normalized spacial score (nSPS) is 17.8. The fourth-order valence-electron chi connectivity index (χ4n) is 4.78. The van der Waals surface area contributed by atoms with Crippen molar-refractivity contribution in [2.45, 2.75) is 29.5 Å². The summed E-state index contributed by atoms with van der Waals surface area (Å²) in [5.41, 5.74) is 3.20. The third kappa shape index (κ3) is 5.68. The number of methoxy groups -OCH3 is 2. The van der Waals surface area contributed by atoms with E-state index in [0.29, 0.717) is 9.61 Å². The van der Waals surface area contributed by atoms with Gasteiger partial charge in [0, 0.05) is 35.5 Å². The molecule has 2 atom stereocenters. The number of ether oxygens (including phenoxy) is 2. The molecule has 0 saturated carbocycles. The number of carboxylic acid groups (broad SMARTS) is 1. The van der Waals surface area contributed by atoms with Crippen molar-refractivity contribution in [1.82, 2.24) is 15.1 Å². The summed E-state index contributed by atoms with van der Waals surface area (Å²) in [7, 11) is 3.32. The Bertz CT molecular complexity index is 1430. The van der Waals surface area contributed by atoms with Gasteiger partial charge in [-0.2, -0.15) is 0 Å². The maximum absolute atomic E-state index is 11.1. The van der Waals surface area contributed by atoms with Gasteiger partial charge in [0.05, 0.1) is 23.8 Å². The molecule has 1 aliphatic rings. The lowest BCUT2D eigenvalue weighted by Crippen LogP contribution is -2.43. The summed E-state index contributed by atoms with van der Waals surface area (Å²) in [5, 5.41) is 24.0. The number of aromatic carboxylic acids is 1. The number of aromatic nitrogens is 2. The molecule has 2 N–H and O–H groups in total. The standard InChI is InChI=1S/C29H29IN4O4/c1-37-22-9-7-19(8-10-22)27-24-12-11-23(38-2)16-25(24)28(33-32-27)31-21-13-14-34(26(30)15-21)17-18-3-5-20(6-4-18)29(35)36/h3-12,16,21,26H,13-15,17H2,1-2H3,(H,31,33)(H,35,36). The van der Waals surface area contributed by atoms with Crippen LogP contribution in [0.4, 0.5) is 5.82 Å². The molecule has 0 amide bonds. The Kier molecular flexibility index (Phi) is 7.94. The van der Waals surface area contributed by atoms with E-state index in [1.54, 1.807) is 26.4 Å². The topological polar surface area (TPSA) is 96.8 Å². The molecule has 9 heteroatoms. The summed E-state index contributed by atoms with van der Waals surface area (Å²) < 4.78 is 11.1. The molecule has 1 aromatic heterocycles. The van der Waals surface area contributed by atoms with E-state index < -0.39 is 5.97 Å². The Morgan fingerprint density at radius 3 is 2.37 bits per heavy atom. The third-order valence-electron chi connectivity index (χ3n) is 6.92. The molecule has 4 aromatic rings. The summed E-state index contributed by atoms with van der Waals surface area (Å²) in [5.74, 6) is 1.41. The van der Waals surface area contributed by atoms with Crippen molar-refractivity contribution in [2.24, 2.45) is 0 Å². The molecule has 0 aliphatic carbocycles. The molecule has 196 valence electrons. The maximum atomic E-state index is 11.1. The van der Waals surface area contributed by atoms with E-state index in [-0.39, 0.29) is 6.04 Å². The average molecular weight is 624 g/mol. The summed E-state index contributed by atoms with van der Waals surface area (Å²) in [4.78, 5) is 13.6. The maximum Gasteiger partial charge on any atom is 0.335 e. The van der Waals surface area contributed by atoms with Gasteiger partial charge in [-0.1, -0.05) is 34.7 Å². The molecule has 1 saturated heterocycles. The van der Waals surface area contributed by atoms with Gasteiger partial charge in [0.15, 0.2) is 5.82 Å². The number of nitrogens with zero attached hydrogens (tertiary/aromatic N) is 3. The predicted octanol–water partition coefficient (Wildman–Crippen LogP) is 5.85. The van der Waals surface area contributed by atoms with Crippen LogP contribution < -0.4 is 14.8 Å². The highest BCUT2D eigenvalue weighted by Gasteiger charge is 2.27. The lowest BCUT2D eigenvalue weighted by molar-refractivity contribution is 0.0697. The highest BCUT2D eigenvalue weighted by atomic mass is 127. The van der Waals surface area contributed by atoms with Gasteiger partial charge in [-0.25, -0.2) is 4.79 Å². The first-order valence-corrected chi connectivity index (χ1v) is 13.7. The van der Waals surface area contributed by atoms with Crippen molar-refractivity contribution in [2.75, 3.05) is 26.1 Å². The van der Waals surface area contributed by atoms with Crippen LogP contribution in [0.25, 0.3) is 22.0 Å². The Morgan fingerprint density at radius 1 is 1.00 bits per heavy atom. The van der Waals surface area contributed by atoms with Crippen LogP contribution in [0.1, 0.15) is 28.8 Å². The van der Waals surface area contributed by atoms with E-state index in [1.807, 2.05) is 54.6 Å². The fourth-order valence-corrected chi connectivity index (χ4v) is 5.87. The number of benzene rings is 3. The van der Waals surface area contributed by atoms with Crippen LogP contribution in [-0.2, 0) is 6.54 Å². The van der Waals surface area contributed by atoms with Crippen molar-refractivity contribution in [3.63, 3.8) is 0 Å². The number of fused-ring (bicyclic) bond motifs is 1. The first kappa shape index (κ1) is 26.2. The molecule has 38 heavy (non-hydrogen) atoms.